The minimum absolute atomic E-state index is 0.00382. The number of hydrogen-bond acceptors (Lipinski definition) is 6. The van der Waals surface area contributed by atoms with Gasteiger partial charge in [0.15, 0.2) is 5.78 Å². The number of thiophene rings is 1. The first-order valence-corrected chi connectivity index (χ1v) is 13.3. The molecule has 1 aliphatic heterocycles. The molecule has 0 spiro atoms. The summed E-state index contributed by atoms with van der Waals surface area (Å²) in [6.07, 6.45) is 3.57. The minimum atomic E-state index is -1.08. The van der Waals surface area contributed by atoms with Gasteiger partial charge in [0.1, 0.15) is 4.88 Å². The van der Waals surface area contributed by atoms with Crippen LogP contribution < -0.4 is 5.32 Å². The van der Waals surface area contributed by atoms with Crippen molar-refractivity contribution in [3.8, 4) is 11.8 Å². The molecular formula is C27H38N2O5S. The minimum Gasteiger partial charge on any atom is -0.477 e. The summed E-state index contributed by atoms with van der Waals surface area (Å²) in [5, 5.41) is 13.0. The highest BCUT2D eigenvalue weighted by atomic mass is 32.1. The monoisotopic (exact) mass is 502 g/mol. The van der Waals surface area contributed by atoms with E-state index in [1.165, 1.54) is 0 Å². The fourth-order valence-corrected chi connectivity index (χ4v) is 5.40. The van der Waals surface area contributed by atoms with Crippen LogP contribution in [0.5, 0.6) is 0 Å². The fourth-order valence-electron chi connectivity index (χ4n) is 4.59. The van der Waals surface area contributed by atoms with Crippen molar-refractivity contribution in [1.82, 2.24) is 4.90 Å². The molecule has 1 saturated heterocycles. The van der Waals surface area contributed by atoms with E-state index in [2.05, 4.69) is 24.1 Å². The molecule has 7 nitrogen and oxygen atoms in total. The highest BCUT2D eigenvalue weighted by Gasteiger charge is 2.38. The van der Waals surface area contributed by atoms with Crippen LogP contribution in [-0.2, 0) is 14.3 Å². The zero-order valence-corrected chi connectivity index (χ0v) is 22.3. The number of Topliss-reactive ketones (excluding diaryl/α,β-unsaturated/α-hetero) is 1. The molecule has 192 valence electrons. The molecule has 1 amide bonds. The molecule has 2 N–H and O–H groups in total. The number of nitrogens with zero attached hydrogens (tertiary/aromatic N) is 1. The molecule has 8 heteroatoms. The Morgan fingerprint density at radius 2 is 1.80 bits per heavy atom. The predicted octanol–water partition coefficient (Wildman–Crippen LogP) is 4.51. The summed E-state index contributed by atoms with van der Waals surface area (Å²) >= 11 is 1.09. The van der Waals surface area contributed by atoms with E-state index >= 15 is 0 Å². The normalized spacial score (nSPS) is 22.5. The van der Waals surface area contributed by atoms with Crippen LogP contribution in [0.2, 0.25) is 0 Å². The van der Waals surface area contributed by atoms with E-state index in [0.717, 1.165) is 37.0 Å². The van der Waals surface area contributed by atoms with Gasteiger partial charge < -0.3 is 20.1 Å². The van der Waals surface area contributed by atoms with E-state index in [-0.39, 0.29) is 27.9 Å². The number of carboxylic acids is 1. The van der Waals surface area contributed by atoms with E-state index in [4.69, 9.17) is 4.74 Å². The van der Waals surface area contributed by atoms with Crippen LogP contribution in [0.4, 0.5) is 5.69 Å². The summed E-state index contributed by atoms with van der Waals surface area (Å²) in [4.78, 5) is 41.6. The van der Waals surface area contributed by atoms with Crippen LogP contribution in [-0.4, -0.2) is 60.0 Å². The average Bonchev–Trinajstić information content (AvgIpc) is 3.24. The smallest absolute Gasteiger partial charge is 0.348 e. The zero-order chi connectivity index (χ0) is 25.8. The quantitative estimate of drug-likeness (QED) is 0.533. The first-order valence-electron chi connectivity index (χ1n) is 12.5. The average molecular weight is 503 g/mol. The van der Waals surface area contributed by atoms with Gasteiger partial charge in [0.25, 0.3) is 0 Å². The number of carbonyl (C=O) groups excluding carboxylic acids is 2. The molecule has 0 aromatic carbocycles. The Morgan fingerprint density at radius 3 is 2.37 bits per heavy atom. The molecular weight excluding hydrogens is 464 g/mol. The van der Waals surface area contributed by atoms with Gasteiger partial charge in [-0.1, -0.05) is 38.5 Å². The van der Waals surface area contributed by atoms with Crippen molar-refractivity contribution in [2.24, 2.45) is 23.2 Å². The number of carbonyl (C=O) groups is 3. The van der Waals surface area contributed by atoms with Crippen LogP contribution in [0.15, 0.2) is 6.07 Å². The van der Waals surface area contributed by atoms with Crippen molar-refractivity contribution < 1.29 is 24.2 Å². The first kappa shape index (κ1) is 27.2. The molecule has 0 radical (unpaired) electrons. The molecule has 2 aliphatic rings. The summed E-state index contributed by atoms with van der Waals surface area (Å²) in [5.74, 6) is 4.84. The lowest BCUT2D eigenvalue weighted by Crippen LogP contribution is -2.50. The number of ether oxygens (including phenoxy) is 1. The molecule has 1 aromatic heterocycles. The highest BCUT2D eigenvalue weighted by molar-refractivity contribution is 7.15. The first-order chi connectivity index (χ1) is 16.5. The van der Waals surface area contributed by atoms with Gasteiger partial charge in [-0.25, -0.2) is 4.79 Å². The SMILES string of the molecule is C[C@H](C(=O)N1CCOCC1)C(Nc1cc(C#CC(C)(C)C)sc1C(=O)O)C(=O)[C@H]1CC[C@H](C)CC1. The Kier molecular flexibility index (Phi) is 9.00. The third-order valence-electron chi connectivity index (χ3n) is 6.74. The van der Waals surface area contributed by atoms with Crippen LogP contribution in [0.1, 0.15) is 74.9 Å². The van der Waals surface area contributed by atoms with Gasteiger partial charge in [0.2, 0.25) is 5.91 Å². The Labute approximate surface area is 212 Å². The third kappa shape index (κ3) is 7.31. The van der Waals surface area contributed by atoms with E-state index in [0.29, 0.717) is 42.8 Å². The van der Waals surface area contributed by atoms with Gasteiger partial charge in [0.05, 0.1) is 35.7 Å². The zero-order valence-electron chi connectivity index (χ0n) is 21.5. The van der Waals surface area contributed by atoms with Crippen molar-refractivity contribution in [1.29, 1.82) is 0 Å². The number of hydrogen-bond donors (Lipinski definition) is 2. The van der Waals surface area contributed by atoms with Gasteiger partial charge >= 0.3 is 5.97 Å². The Bertz CT molecular complexity index is 985. The molecule has 2 heterocycles. The summed E-state index contributed by atoms with van der Waals surface area (Å²) in [7, 11) is 0. The van der Waals surface area contributed by atoms with Crippen LogP contribution in [0.25, 0.3) is 0 Å². The lowest BCUT2D eigenvalue weighted by atomic mass is 9.77. The summed E-state index contributed by atoms with van der Waals surface area (Å²) in [6, 6.07) is 0.891. The number of nitrogens with one attached hydrogen (secondary N) is 1. The number of carboxylic acid groups (broad SMARTS) is 1. The molecule has 35 heavy (non-hydrogen) atoms. The van der Waals surface area contributed by atoms with Crippen molar-refractivity contribution in [2.45, 2.75) is 66.3 Å². The second-order valence-electron chi connectivity index (χ2n) is 10.9. The van der Waals surface area contributed by atoms with Gasteiger partial charge in [-0.2, -0.15) is 0 Å². The Hall–Kier alpha value is -2.37. The molecule has 3 rings (SSSR count). The molecule has 0 bridgehead atoms. The molecule has 1 unspecified atom stereocenters. The predicted molar refractivity (Wildman–Crippen MR) is 138 cm³/mol. The van der Waals surface area contributed by atoms with Crippen molar-refractivity contribution in [2.75, 3.05) is 31.6 Å². The second kappa shape index (κ2) is 11.6. The van der Waals surface area contributed by atoms with Crippen molar-refractivity contribution in [3.05, 3.63) is 15.8 Å². The maximum Gasteiger partial charge on any atom is 0.348 e. The maximum absolute atomic E-state index is 13.8. The lowest BCUT2D eigenvalue weighted by molar-refractivity contribution is -0.142. The van der Waals surface area contributed by atoms with Gasteiger partial charge in [-0.05, 0) is 45.6 Å². The number of amides is 1. The largest absolute Gasteiger partial charge is 0.477 e. The van der Waals surface area contributed by atoms with E-state index in [1.54, 1.807) is 17.9 Å². The van der Waals surface area contributed by atoms with E-state index in [1.807, 2.05) is 20.8 Å². The number of rotatable bonds is 7. The number of aromatic carboxylic acids is 1. The van der Waals surface area contributed by atoms with E-state index < -0.39 is 17.9 Å². The van der Waals surface area contributed by atoms with Gasteiger partial charge in [-0.15, -0.1) is 11.3 Å². The second-order valence-corrected chi connectivity index (χ2v) is 11.9. The number of anilines is 1. The van der Waals surface area contributed by atoms with Crippen molar-refractivity contribution >= 4 is 34.7 Å². The molecule has 2 fully saturated rings. The van der Waals surface area contributed by atoms with Gasteiger partial charge in [0, 0.05) is 24.4 Å². The Morgan fingerprint density at radius 1 is 1.17 bits per heavy atom. The topological polar surface area (TPSA) is 95.9 Å². The fraction of sp³-hybridized carbons (Fsp3) is 0.667. The van der Waals surface area contributed by atoms with Crippen molar-refractivity contribution in [3.63, 3.8) is 0 Å². The van der Waals surface area contributed by atoms with Crippen LogP contribution in [0.3, 0.4) is 0 Å². The standard InChI is InChI=1S/C27H38N2O5S/c1-17-6-8-19(9-7-17)23(30)22(18(2)25(31)29-12-14-34-15-13-29)28-21-16-20(10-11-27(3,4)5)35-24(21)26(32)33/h16-19,22,28H,6-9,12-15H2,1-5H3,(H,32,33)/t17-,18-,19-,22?/m0/s1. The molecule has 1 aliphatic carbocycles. The molecule has 1 aromatic rings. The summed E-state index contributed by atoms with van der Waals surface area (Å²) in [5.41, 5.74) is 0.126. The molecule has 2 atom stereocenters. The summed E-state index contributed by atoms with van der Waals surface area (Å²) in [6.45, 7) is 11.9. The number of morpholine rings is 1. The third-order valence-corrected chi connectivity index (χ3v) is 7.77. The number of ketones is 1. The van der Waals surface area contributed by atoms with Crippen LogP contribution >= 0.6 is 11.3 Å². The summed E-state index contributed by atoms with van der Waals surface area (Å²) < 4.78 is 5.38. The van der Waals surface area contributed by atoms with Crippen LogP contribution in [0, 0.1) is 35.0 Å². The van der Waals surface area contributed by atoms with Gasteiger partial charge in [-0.3, -0.25) is 9.59 Å². The lowest BCUT2D eigenvalue weighted by Gasteiger charge is -2.34. The maximum atomic E-state index is 13.8. The Balaban J connectivity index is 1.91. The highest BCUT2D eigenvalue weighted by Crippen LogP contribution is 2.34. The van der Waals surface area contributed by atoms with E-state index in [9.17, 15) is 19.5 Å². The molecule has 1 saturated carbocycles.